The molecule has 0 amide bonds. The van der Waals surface area contributed by atoms with E-state index in [0.717, 1.165) is 6.42 Å². The Bertz CT molecular complexity index is 597. The second-order valence-corrected chi connectivity index (χ2v) is 8.21. The van der Waals surface area contributed by atoms with E-state index in [2.05, 4.69) is 15.5 Å². The summed E-state index contributed by atoms with van der Waals surface area (Å²) >= 11 is 0. The predicted octanol–water partition coefficient (Wildman–Crippen LogP) is 0.580. The molecule has 4 atom stereocenters. The van der Waals surface area contributed by atoms with E-state index in [-0.39, 0.29) is 17.4 Å². The monoisotopic (exact) mass is 283 g/mol. The largest absolute Gasteiger partial charge is 0.339 e. The molecule has 1 aromatic rings. The van der Waals surface area contributed by atoms with Gasteiger partial charge in [0.25, 0.3) is 0 Å². The lowest BCUT2D eigenvalue weighted by molar-refractivity contribution is 0.326. The van der Waals surface area contributed by atoms with E-state index < -0.39 is 9.84 Å². The van der Waals surface area contributed by atoms with Crippen molar-refractivity contribution in [3.63, 3.8) is 0 Å². The molecule has 4 heterocycles. The van der Waals surface area contributed by atoms with Gasteiger partial charge in [-0.3, -0.25) is 0 Å². The van der Waals surface area contributed by atoms with Crippen LogP contribution in [0.25, 0.3) is 0 Å². The summed E-state index contributed by atoms with van der Waals surface area (Å²) in [5.74, 6) is 1.93. The minimum absolute atomic E-state index is 0.0750. The van der Waals surface area contributed by atoms with Crippen molar-refractivity contribution in [1.82, 2.24) is 15.5 Å². The van der Waals surface area contributed by atoms with E-state index in [1.165, 1.54) is 12.8 Å². The van der Waals surface area contributed by atoms with E-state index in [9.17, 15) is 8.42 Å². The van der Waals surface area contributed by atoms with Crippen LogP contribution in [0.2, 0.25) is 0 Å². The zero-order valence-electron chi connectivity index (χ0n) is 10.6. The number of sulfone groups is 1. The van der Waals surface area contributed by atoms with E-state index in [0.29, 0.717) is 36.1 Å². The number of rotatable bonds is 2. The van der Waals surface area contributed by atoms with Gasteiger partial charge in [0.1, 0.15) is 0 Å². The molecule has 6 nitrogen and oxygen atoms in total. The molecule has 2 bridgehead atoms. The lowest BCUT2D eigenvalue weighted by atomic mass is 9.89. The van der Waals surface area contributed by atoms with Gasteiger partial charge in [-0.05, 0) is 25.7 Å². The number of hydrogen-bond donors (Lipinski definition) is 1. The van der Waals surface area contributed by atoms with Gasteiger partial charge in [-0.25, -0.2) is 8.42 Å². The molecule has 4 unspecified atom stereocenters. The lowest BCUT2D eigenvalue weighted by Crippen LogP contribution is -2.21. The zero-order chi connectivity index (χ0) is 13.0. The molecular weight excluding hydrogens is 266 g/mol. The first-order valence-corrected chi connectivity index (χ1v) is 8.73. The van der Waals surface area contributed by atoms with Crippen molar-refractivity contribution in [2.24, 2.45) is 0 Å². The van der Waals surface area contributed by atoms with Gasteiger partial charge in [0.2, 0.25) is 5.89 Å². The molecule has 7 heteroatoms. The summed E-state index contributed by atoms with van der Waals surface area (Å²) in [6, 6.07) is 1.06. The Labute approximate surface area is 111 Å². The van der Waals surface area contributed by atoms with Crippen molar-refractivity contribution in [3.05, 3.63) is 11.7 Å². The van der Waals surface area contributed by atoms with Gasteiger partial charge in [0.15, 0.2) is 15.7 Å². The van der Waals surface area contributed by atoms with E-state index >= 15 is 0 Å². The van der Waals surface area contributed by atoms with Crippen LogP contribution < -0.4 is 5.32 Å². The summed E-state index contributed by atoms with van der Waals surface area (Å²) in [4.78, 5) is 4.48. The molecule has 4 rings (SSSR count). The van der Waals surface area contributed by atoms with Gasteiger partial charge >= 0.3 is 0 Å². The molecule has 0 aliphatic carbocycles. The third-order valence-corrected chi connectivity index (χ3v) is 6.44. The molecule has 19 heavy (non-hydrogen) atoms. The molecule has 3 aliphatic heterocycles. The summed E-state index contributed by atoms with van der Waals surface area (Å²) < 4.78 is 28.4. The maximum absolute atomic E-state index is 11.5. The maximum Gasteiger partial charge on any atom is 0.231 e. The summed E-state index contributed by atoms with van der Waals surface area (Å²) in [5, 5.41) is 7.56. The Kier molecular flexibility index (Phi) is 2.51. The molecule has 0 aromatic carbocycles. The molecule has 3 fully saturated rings. The zero-order valence-corrected chi connectivity index (χ0v) is 11.4. The normalized spacial score (nSPS) is 40.0. The number of hydrogen-bond acceptors (Lipinski definition) is 6. The van der Waals surface area contributed by atoms with E-state index in [1.54, 1.807) is 0 Å². The summed E-state index contributed by atoms with van der Waals surface area (Å²) in [5.41, 5.74) is 0. The topological polar surface area (TPSA) is 85.1 Å². The minimum atomic E-state index is -2.90. The SMILES string of the molecule is O=S1(=O)CCC(c2noc(C3CC4CCC3N4)n2)C1. The summed E-state index contributed by atoms with van der Waals surface area (Å²) in [7, 11) is -2.90. The molecule has 1 N–H and O–H groups in total. The Morgan fingerprint density at radius 2 is 2.16 bits per heavy atom. The predicted molar refractivity (Wildman–Crippen MR) is 67.6 cm³/mol. The lowest BCUT2D eigenvalue weighted by Gasteiger charge is -2.15. The highest BCUT2D eigenvalue weighted by Crippen LogP contribution is 2.39. The van der Waals surface area contributed by atoms with Crippen molar-refractivity contribution in [1.29, 1.82) is 0 Å². The molecule has 1 aromatic heterocycles. The first-order chi connectivity index (χ1) is 9.11. The molecule has 3 aliphatic rings. The smallest absolute Gasteiger partial charge is 0.231 e. The average Bonchev–Trinajstić information content (AvgIpc) is 3.09. The highest BCUT2D eigenvalue weighted by Gasteiger charge is 2.43. The summed E-state index contributed by atoms with van der Waals surface area (Å²) in [6.45, 7) is 0. The molecule has 0 radical (unpaired) electrons. The number of nitrogens with zero attached hydrogens (tertiary/aromatic N) is 2. The van der Waals surface area contributed by atoms with Crippen LogP contribution in [0.1, 0.15) is 49.2 Å². The average molecular weight is 283 g/mol. The van der Waals surface area contributed by atoms with Crippen LogP contribution in [-0.4, -0.2) is 42.1 Å². The molecule has 104 valence electrons. The number of nitrogens with one attached hydrogen (secondary N) is 1. The second-order valence-electron chi connectivity index (χ2n) is 5.98. The van der Waals surface area contributed by atoms with Crippen LogP contribution >= 0.6 is 0 Å². The van der Waals surface area contributed by atoms with Crippen LogP contribution in [0.4, 0.5) is 0 Å². The quantitative estimate of drug-likeness (QED) is 0.854. The van der Waals surface area contributed by atoms with Gasteiger partial charge in [-0.1, -0.05) is 5.16 Å². The molecular formula is C12H17N3O3S. The fraction of sp³-hybridized carbons (Fsp3) is 0.833. The molecule has 0 saturated carbocycles. The van der Waals surface area contributed by atoms with Gasteiger partial charge in [-0.15, -0.1) is 0 Å². The third kappa shape index (κ3) is 1.99. The standard InChI is InChI=1S/C12H17N3O3S/c16-19(17)4-3-7(6-19)11-14-12(18-15-11)9-5-8-1-2-10(9)13-8/h7-10,13H,1-6H2. The van der Waals surface area contributed by atoms with Crippen molar-refractivity contribution < 1.29 is 12.9 Å². The maximum atomic E-state index is 11.5. The van der Waals surface area contributed by atoms with Gasteiger partial charge in [0.05, 0.1) is 17.4 Å². The van der Waals surface area contributed by atoms with Crippen molar-refractivity contribution in [2.45, 2.75) is 49.6 Å². The van der Waals surface area contributed by atoms with Crippen molar-refractivity contribution in [3.8, 4) is 0 Å². The van der Waals surface area contributed by atoms with Gasteiger partial charge < -0.3 is 9.84 Å². The highest BCUT2D eigenvalue weighted by atomic mass is 32.2. The van der Waals surface area contributed by atoms with E-state index in [4.69, 9.17) is 4.52 Å². The van der Waals surface area contributed by atoms with Gasteiger partial charge in [0, 0.05) is 18.0 Å². The summed E-state index contributed by atoms with van der Waals surface area (Å²) in [6.07, 6.45) is 4.10. The van der Waals surface area contributed by atoms with Crippen LogP contribution in [-0.2, 0) is 9.84 Å². The first kappa shape index (κ1) is 11.8. The minimum Gasteiger partial charge on any atom is -0.339 e. The second kappa shape index (κ2) is 4.02. The van der Waals surface area contributed by atoms with Crippen LogP contribution in [0.5, 0.6) is 0 Å². The molecule has 0 spiro atoms. The Balaban J connectivity index is 1.54. The van der Waals surface area contributed by atoms with Crippen LogP contribution in [0.15, 0.2) is 4.52 Å². The Morgan fingerprint density at radius 3 is 2.79 bits per heavy atom. The van der Waals surface area contributed by atoms with Gasteiger partial charge in [-0.2, -0.15) is 4.98 Å². The third-order valence-electron chi connectivity index (χ3n) is 4.67. The fourth-order valence-corrected chi connectivity index (χ4v) is 5.40. The van der Waals surface area contributed by atoms with Crippen LogP contribution in [0.3, 0.4) is 0 Å². The Morgan fingerprint density at radius 1 is 1.26 bits per heavy atom. The van der Waals surface area contributed by atoms with Crippen molar-refractivity contribution >= 4 is 9.84 Å². The van der Waals surface area contributed by atoms with Crippen molar-refractivity contribution in [2.75, 3.05) is 11.5 Å². The van der Waals surface area contributed by atoms with Crippen LogP contribution in [0, 0.1) is 0 Å². The Hall–Kier alpha value is -0.950. The number of fused-ring (bicyclic) bond motifs is 2. The fourth-order valence-electron chi connectivity index (χ4n) is 3.66. The van der Waals surface area contributed by atoms with E-state index in [1.807, 2.05) is 0 Å². The highest BCUT2D eigenvalue weighted by molar-refractivity contribution is 7.91. The molecule has 3 saturated heterocycles. The number of aromatic nitrogens is 2. The first-order valence-electron chi connectivity index (χ1n) is 6.91.